The van der Waals surface area contributed by atoms with Crippen LogP contribution in [0.4, 0.5) is 5.69 Å². The van der Waals surface area contributed by atoms with Crippen molar-refractivity contribution < 1.29 is 24.0 Å². The number of ketones is 1. The first kappa shape index (κ1) is 36.0. The van der Waals surface area contributed by atoms with Crippen LogP contribution >= 0.6 is 0 Å². The van der Waals surface area contributed by atoms with E-state index in [4.69, 9.17) is 0 Å². The molecule has 0 bridgehead atoms. The molecule has 286 valence electrons. The Hall–Kier alpha value is -5.64. The monoisotopic (exact) mass is 751 g/mol. The smallest absolute Gasteiger partial charge is 0.262 e. The summed E-state index contributed by atoms with van der Waals surface area (Å²) >= 11 is 0. The van der Waals surface area contributed by atoms with Gasteiger partial charge < -0.3 is 9.88 Å². The minimum absolute atomic E-state index is 0.0422. The van der Waals surface area contributed by atoms with Gasteiger partial charge in [-0.15, -0.1) is 0 Å². The van der Waals surface area contributed by atoms with Crippen molar-refractivity contribution in [1.82, 2.24) is 25.0 Å². The molecule has 1 aliphatic carbocycles. The number of nitrogens with zero attached hydrogens (tertiary/aromatic N) is 5. The van der Waals surface area contributed by atoms with E-state index in [0.29, 0.717) is 29.3 Å². The number of H-pyrrole nitrogens is 1. The molecule has 0 spiro atoms. The highest BCUT2D eigenvalue weighted by molar-refractivity contribution is 6.23. The van der Waals surface area contributed by atoms with E-state index >= 15 is 0 Å². The first-order chi connectivity index (χ1) is 27.0. The number of carbonyl (C=O) groups is 5. The molecule has 12 nitrogen and oxygen atoms in total. The Labute approximate surface area is 325 Å². The second-order valence-electron chi connectivity index (χ2n) is 16.4. The number of hydrogen-bond donors (Lipinski definition) is 2. The van der Waals surface area contributed by atoms with E-state index in [9.17, 15) is 29.2 Å². The van der Waals surface area contributed by atoms with Crippen LogP contribution in [0.3, 0.4) is 0 Å². The largest absolute Gasteiger partial charge is 0.371 e. The number of nitrogens with one attached hydrogen (secondary N) is 2. The average Bonchev–Trinajstić information content (AvgIpc) is 3.71. The van der Waals surface area contributed by atoms with Crippen LogP contribution in [0.5, 0.6) is 0 Å². The predicted octanol–water partition coefficient (Wildman–Crippen LogP) is 4.66. The van der Waals surface area contributed by atoms with Gasteiger partial charge in [0.25, 0.3) is 11.8 Å². The maximum Gasteiger partial charge on any atom is 0.262 e. The highest BCUT2D eigenvalue weighted by atomic mass is 16.2. The Kier molecular flexibility index (Phi) is 8.71. The number of rotatable bonds is 6. The molecular weight excluding hydrogens is 707 g/mol. The maximum atomic E-state index is 14.1. The molecule has 1 aromatic heterocycles. The van der Waals surface area contributed by atoms with Gasteiger partial charge in [-0.25, -0.2) is 0 Å². The molecule has 4 aromatic rings. The van der Waals surface area contributed by atoms with Crippen LogP contribution in [0, 0.1) is 11.3 Å². The van der Waals surface area contributed by atoms with Crippen molar-refractivity contribution in [3.8, 4) is 6.07 Å². The second-order valence-corrected chi connectivity index (χ2v) is 16.4. The zero-order valence-electron chi connectivity index (χ0n) is 32.0. The van der Waals surface area contributed by atoms with Gasteiger partial charge in [0.15, 0.2) is 5.78 Å². The van der Waals surface area contributed by atoms with E-state index in [1.54, 1.807) is 18.2 Å². The Bertz CT molecular complexity index is 2410. The van der Waals surface area contributed by atoms with Gasteiger partial charge in [0.2, 0.25) is 11.8 Å². The van der Waals surface area contributed by atoms with Crippen molar-refractivity contribution in [1.29, 1.82) is 5.26 Å². The summed E-state index contributed by atoms with van der Waals surface area (Å²) in [4.78, 5) is 76.7. The SMILES string of the molecule is CCc1cc2c(cc1N1CCC(N3CCN(Cc4ccc5c(c4)C(=O)N(C4CCC(=O)NC4=O)C5=O)CC3)CC1)C(C)(C)c1[nH]c3cc(C#N)ccc3c1C2=O. The molecule has 0 radical (unpaired) electrons. The van der Waals surface area contributed by atoms with Gasteiger partial charge in [-0.1, -0.05) is 32.9 Å². The molecule has 3 fully saturated rings. The summed E-state index contributed by atoms with van der Waals surface area (Å²) in [6, 6.07) is 17.0. The number of imide groups is 2. The lowest BCUT2D eigenvalue weighted by molar-refractivity contribution is -0.136. The van der Waals surface area contributed by atoms with Gasteiger partial charge in [0.05, 0.1) is 28.3 Å². The molecule has 1 atom stereocenters. The molecule has 12 heteroatoms. The number of benzene rings is 3. The lowest BCUT2D eigenvalue weighted by atomic mass is 9.70. The second kappa shape index (κ2) is 13.5. The van der Waals surface area contributed by atoms with E-state index in [1.165, 1.54) is 11.3 Å². The van der Waals surface area contributed by atoms with Crippen molar-refractivity contribution in [2.45, 2.75) is 76.9 Å². The standard InChI is InChI=1S/C44H45N7O5/c1-4-27-21-32-33(44(2,3)40-38(39(32)53)30-8-5-25(23-45)20-34(30)46-40)22-36(27)50-13-11-28(12-14-50)49-17-15-48(16-18-49)24-26-6-7-29-31(19-26)43(56)51(42(29)55)35-9-10-37(52)47-41(35)54/h5-8,19-22,28,35,46H,4,9-18,24H2,1-3H3,(H,47,52,54). The van der Waals surface area contributed by atoms with E-state index < -0.39 is 29.2 Å². The van der Waals surface area contributed by atoms with Gasteiger partial charge in [-0.05, 0) is 78.8 Å². The Morgan fingerprint density at radius 2 is 1.59 bits per heavy atom. The number of fused-ring (bicyclic) bond motifs is 5. The summed E-state index contributed by atoms with van der Waals surface area (Å²) in [5.74, 6) is -1.91. The number of piperazine rings is 1. The normalized spacial score (nSPS) is 21.6. The quantitative estimate of drug-likeness (QED) is 0.269. The summed E-state index contributed by atoms with van der Waals surface area (Å²) in [7, 11) is 0. The lowest BCUT2D eigenvalue weighted by Crippen LogP contribution is -2.54. The lowest BCUT2D eigenvalue weighted by Gasteiger charge is -2.44. The van der Waals surface area contributed by atoms with Crippen molar-refractivity contribution in [2.24, 2.45) is 0 Å². The van der Waals surface area contributed by atoms with E-state index in [-0.39, 0.29) is 24.5 Å². The molecule has 1 unspecified atom stereocenters. The van der Waals surface area contributed by atoms with Crippen LogP contribution < -0.4 is 10.2 Å². The van der Waals surface area contributed by atoms with Crippen LogP contribution in [0.2, 0.25) is 0 Å². The fraction of sp³-hybridized carbons (Fsp3) is 0.409. The average molecular weight is 752 g/mol. The number of aromatic nitrogens is 1. The van der Waals surface area contributed by atoms with Crippen molar-refractivity contribution in [2.75, 3.05) is 44.2 Å². The predicted molar refractivity (Wildman–Crippen MR) is 210 cm³/mol. The van der Waals surface area contributed by atoms with Gasteiger partial charge in [-0.3, -0.25) is 44.0 Å². The summed E-state index contributed by atoms with van der Waals surface area (Å²) in [6.07, 6.45) is 3.18. The third-order valence-electron chi connectivity index (χ3n) is 12.9. The topological polar surface area (TPSA) is 150 Å². The molecule has 56 heavy (non-hydrogen) atoms. The number of aryl methyl sites for hydroxylation is 1. The number of aromatic amines is 1. The number of piperidine rings is 2. The first-order valence-corrected chi connectivity index (χ1v) is 19.8. The van der Waals surface area contributed by atoms with Gasteiger partial charge in [0.1, 0.15) is 6.04 Å². The number of anilines is 1. The summed E-state index contributed by atoms with van der Waals surface area (Å²) in [5, 5.41) is 12.6. The zero-order valence-corrected chi connectivity index (χ0v) is 32.0. The third kappa shape index (κ3) is 5.75. The summed E-state index contributed by atoms with van der Waals surface area (Å²) in [5.41, 5.74) is 8.38. The molecular formula is C44H45N7O5. The zero-order chi connectivity index (χ0) is 39.0. The molecule has 0 saturated carbocycles. The molecule has 5 aliphatic rings. The molecule has 9 rings (SSSR count). The third-order valence-corrected chi connectivity index (χ3v) is 12.9. The maximum absolute atomic E-state index is 14.1. The Morgan fingerprint density at radius 3 is 2.30 bits per heavy atom. The molecule has 4 amide bonds. The number of hydrogen-bond acceptors (Lipinski definition) is 9. The number of amides is 4. The number of carbonyl (C=O) groups excluding carboxylic acids is 5. The Morgan fingerprint density at radius 1 is 0.839 bits per heavy atom. The first-order valence-electron chi connectivity index (χ1n) is 19.8. The number of nitriles is 1. The highest BCUT2D eigenvalue weighted by Gasteiger charge is 2.45. The van der Waals surface area contributed by atoms with Crippen molar-refractivity contribution in [3.05, 3.63) is 98.7 Å². The van der Waals surface area contributed by atoms with Gasteiger partial charge in [0, 0.05) is 91.5 Å². The fourth-order valence-corrected chi connectivity index (χ4v) is 9.79. The van der Waals surface area contributed by atoms with Crippen LogP contribution in [-0.4, -0.2) is 100 Å². The molecule has 5 heterocycles. The van der Waals surface area contributed by atoms with Crippen LogP contribution in [0.15, 0.2) is 48.5 Å². The van der Waals surface area contributed by atoms with E-state index in [1.807, 2.05) is 18.2 Å². The molecule has 2 N–H and O–H groups in total. The molecule has 4 aliphatic heterocycles. The van der Waals surface area contributed by atoms with Crippen molar-refractivity contribution >= 4 is 46.0 Å². The van der Waals surface area contributed by atoms with E-state index in [2.05, 4.69) is 64.0 Å². The van der Waals surface area contributed by atoms with Crippen LogP contribution in [0.1, 0.15) is 111 Å². The van der Waals surface area contributed by atoms with Crippen LogP contribution in [-0.2, 0) is 28.0 Å². The summed E-state index contributed by atoms with van der Waals surface area (Å²) < 4.78 is 0. The van der Waals surface area contributed by atoms with Gasteiger partial charge in [-0.2, -0.15) is 5.26 Å². The van der Waals surface area contributed by atoms with Gasteiger partial charge >= 0.3 is 0 Å². The molecule has 3 saturated heterocycles. The van der Waals surface area contributed by atoms with E-state index in [0.717, 1.165) is 102 Å². The fourth-order valence-electron chi connectivity index (χ4n) is 9.79. The minimum Gasteiger partial charge on any atom is -0.371 e. The van der Waals surface area contributed by atoms with Crippen molar-refractivity contribution in [3.63, 3.8) is 0 Å². The molecule has 3 aromatic carbocycles. The highest BCUT2D eigenvalue weighted by Crippen LogP contribution is 2.46. The Balaban J connectivity index is 0.838. The van der Waals surface area contributed by atoms with Crippen LogP contribution in [0.25, 0.3) is 10.9 Å². The minimum atomic E-state index is -0.969. The summed E-state index contributed by atoms with van der Waals surface area (Å²) in [6.45, 7) is 12.8.